The van der Waals surface area contributed by atoms with Crippen molar-refractivity contribution in [1.82, 2.24) is 5.32 Å². The second kappa shape index (κ2) is 6.02. The number of nitrogens with two attached hydrogens (primary N) is 1. The summed E-state index contributed by atoms with van der Waals surface area (Å²) in [5, 5.41) is 3.05. The Morgan fingerprint density at radius 2 is 2.21 bits per heavy atom. The zero-order valence-electron chi connectivity index (χ0n) is 9.09. The van der Waals surface area contributed by atoms with Crippen LogP contribution in [0, 0.1) is 0 Å². The third-order valence-electron chi connectivity index (χ3n) is 2.85. The number of amides is 1. The molecule has 3 N–H and O–H groups in total. The molecular formula is C11H22N2O. The maximum absolute atomic E-state index is 11.4. The van der Waals surface area contributed by atoms with Gasteiger partial charge in [-0.3, -0.25) is 4.79 Å². The van der Waals surface area contributed by atoms with Gasteiger partial charge >= 0.3 is 0 Å². The van der Waals surface area contributed by atoms with Gasteiger partial charge in [0.25, 0.3) is 0 Å². The van der Waals surface area contributed by atoms with Crippen LogP contribution < -0.4 is 11.1 Å². The van der Waals surface area contributed by atoms with Crippen molar-refractivity contribution in [2.24, 2.45) is 5.73 Å². The molecule has 14 heavy (non-hydrogen) atoms. The number of carbonyl (C=O) groups is 1. The Morgan fingerprint density at radius 1 is 1.43 bits per heavy atom. The normalized spacial score (nSPS) is 26.4. The molecule has 0 bridgehead atoms. The van der Waals surface area contributed by atoms with Crippen molar-refractivity contribution < 1.29 is 4.79 Å². The van der Waals surface area contributed by atoms with E-state index in [-0.39, 0.29) is 5.91 Å². The summed E-state index contributed by atoms with van der Waals surface area (Å²) in [7, 11) is 0. The van der Waals surface area contributed by atoms with Gasteiger partial charge in [-0.1, -0.05) is 19.8 Å². The first-order valence-corrected chi connectivity index (χ1v) is 5.77. The monoisotopic (exact) mass is 198 g/mol. The lowest BCUT2D eigenvalue weighted by molar-refractivity contribution is -0.121. The molecule has 0 radical (unpaired) electrons. The van der Waals surface area contributed by atoms with Crippen molar-refractivity contribution in [3.05, 3.63) is 0 Å². The molecule has 3 nitrogen and oxygen atoms in total. The van der Waals surface area contributed by atoms with Gasteiger partial charge in [-0.2, -0.15) is 0 Å². The summed E-state index contributed by atoms with van der Waals surface area (Å²) in [5.74, 6) is 0.206. The summed E-state index contributed by atoms with van der Waals surface area (Å²) >= 11 is 0. The summed E-state index contributed by atoms with van der Waals surface area (Å²) < 4.78 is 0. The maximum Gasteiger partial charge on any atom is 0.220 e. The summed E-state index contributed by atoms with van der Waals surface area (Å²) in [5.41, 5.74) is 5.77. The Labute approximate surface area is 86.4 Å². The zero-order valence-corrected chi connectivity index (χ0v) is 9.09. The number of rotatable bonds is 5. The van der Waals surface area contributed by atoms with E-state index >= 15 is 0 Å². The second-order valence-electron chi connectivity index (χ2n) is 4.29. The van der Waals surface area contributed by atoms with Crippen molar-refractivity contribution >= 4 is 5.91 Å². The summed E-state index contributed by atoms with van der Waals surface area (Å²) in [6, 6.07) is 0.648. The van der Waals surface area contributed by atoms with Crippen LogP contribution >= 0.6 is 0 Å². The van der Waals surface area contributed by atoms with E-state index in [1.165, 1.54) is 6.42 Å². The minimum Gasteiger partial charge on any atom is -0.353 e. The maximum atomic E-state index is 11.4. The number of hydrogen-bond acceptors (Lipinski definition) is 2. The van der Waals surface area contributed by atoms with Crippen molar-refractivity contribution in [3.63, 3.8) is 0 Å². The first kappa shape index (κ1) is 11.5. The molecule has 1 aliphatic rings. The van der Waals surface area contributed by atoms with Gasteiger partial charge in [-0.15, -0.1) is 0 Å². The summed E-state index contributed by atoms with van der Waals surface area (Å²) in [6.07, 6.45) is 7.08. The van der Waals surface area contributed by atoms with Gasteiger partial charge in [-0.05, 0) is 25.7 Å². The lowest BCUT2D eigenvalue weighted by Crippen LogP contribution is -2.33. The van der Waals surface area contributed by atoms with Gasteiger partial charge in [0, 0.05) is 18.5 Å². The van der Waals surface area contributed by atoms with Crippen LogP contribution in [0.15, 0.2) is 0 Å². The van der Waals surface area contributed by atoms with Gasteiger partial charge < -0.3 is 11.1 Å². The lowest BCUT2D eigenvalue weighted by Gasteiger charge is -2.11. The molecule has 1 saturated carbocycles. The number of unbranched alkanes of at least 4 members (excludes halogenated alkanes) is 2. The molecule has 3 heteroatoms. The lowest BCUT2D eigenvalue weighted by atomic mass is 10.2. The fourth-order valence-corrected chi connectivity index (χ4v) is 1.98. The standard InChI is InChI=1S/C11H22N2O/c1-2-3-4-5-11(14)13-10-7-6-9(12)8-10/h9-10H,2-8,12H2,1H3,(H,13,14). The van der Waals surface area contributed by atoms with E-state index in [0.29, 0.717) is 18.5 Å². The van der Waals surface area contributed by atoms with Gasteiger partial charge in [0.05, 0.1) is 0 Å². The first-order valence-electron chi connectivity index (χ1n) is 5.77. The molecule has 1 aliphatic carbocycles. The van der Waals surface area contributed by atoms with Crippen LogP contribution in [0.3, 0.4) is 0 Å². The zero-order chi connectivity index (χ0) is 10.4. The van der Waals surface area contributed by atoms with Crippen molar-refractivity contribution in [1.29, 1.82) is 0 Å². The molecule has 2 atom stereocenters. The van der Waals surface area contributed by atoms with E-state index in [2.05, 4.69) is 12.2 Å². The molecule has 1 rings (SSSR count). The Morgan fingerprint density at radius 3 is 2.79 bits per heavy atom. The molecule has 0 aromatic rings. The molecule has 0 aliphatic heterocycles. The SMILES string of the molecule is CCCCCC(=O)NC1CCC(N)C1. The van der Waals surface area contributed by atoms with Gasteiger partial charge in [0.1, 0.15) is 0 Å². The molecule has 2 unspecified atom stereocenters. The van der Waals surface area contributed by atoms with Crippen LogP contribution in [0.4, 0.5) is 0 Å². The molecule has 0 spiro atoms. The second-order valence-corrected chi connectivity index (χ2v) is 4.29. The number of nitrogens with one attached hydrogen (secondary N) is 1. The molecule has 0 saturated heterocycles. The summed E-state index contributed by atoms with van der Waals surface area (Å²) in [6.45, 7) is 2.15. The van der Waals surface area contributed by atoms with Crippen molar-refractivity contribution in [2.45, 2.75) is 64.0 Å². The Kier molecular flexibility index (Phi) is 4.94. The van der Waals surface area contributed by atoms with Crippen LogP contribution in [0.1, 0.15) is 51.9 Å². The summed E-state index contributed by atoms with van der Waals surface area (Å²) in [4.78, 5) is 11.4. The highest BCUT2D eigenvalue weighted by Gasteiger charge is 2.22. The average molecular weight is 198 g/mol. The predicted molar refractivity (Wildman–Crippen MR) is 57.9 cm³/mol. The molecule has 0 heterocycles. The highest BCUT2D eigenvalue weighted by atomic mass is 16.1. The third kappa shape index (κ3) is 4.09. The third-order valence-corrected chi connectivity index (χ3v) is 2.85. The Bertz CT molecular complexity index is 182. The van der Waals surface area contributed by atoms with Crippen LogP contribution in [0.25, 0.3) is 0 Å². The quantitative estimate of drug-likeness (QED) is 0.659. The Hall–Kier alpha value is -0.570. The van der Waals surface area contributed by atoms with E-state index in [0.717, 1.165) is 32.1 Å². The van der Waals surface area contributed by atoms with E-state index < -0.39 is 0 Å². The highest BCUT2D eigenvalue weighted by Crippen LogP contribution is 2.17. The first-order chi connectivity index (χ1) is 6.72. The van der Waals surface area contributed by atoms with Crippen molar-refractivity contribution in [3.8, 4) is 0 Å². The molecule has 1 amide bonds. The van der Waals surface area contributed by atoms with Gasteiger partial charge in [0.2, 0.25) is 5.91 Å². The average Bonchev–Trinajstić information content (AvgIpc) is 2.52. The van der Waals surface area contributed by atoms with E-state index in [9.17, 15) is 4.79 Å². The fourth-order valence-electron chi connectivity index (χ4n) is 1.98. The number of carbonyl (C=O) groups excluding carboxylic acids is 1. The van der Waals surface area contributed by atoms with Crippen LogP contribution in [0.5, 0.6) is 0 Å². The van der Waals surface area contributed by atoms with E-state index in [1.54, 1.807) is 0 Å². The largest absolute Gasteiger partial charge is 0.353 e. The van der Waals surface area contributed by atoms with Gasteiger partial charge in [0.15, 0.2) is 0 Å². The fraction of sp³-hybridized carbons (Fsp3) is 0.909. The molecular weight excluding hydrogens is 176 g/mol. The molecule has 1 fully saturated rings. The molecule has 0 aromatic carbocycles. The minimum absolute atomic E-state index is 0.206. The van der Waals surface area contributed by atoms with Crippen LogP contribution in [0.2, 0.25) is 0 Å². The molecule has 82 valence electrons. The smallest absolute Gasteiger partial charge is 0.220 e. The predicted octanol–water partition coefficient (Wildman–Crippen LogP) is 1.56. The van der Waals surface area contributed by atoms with Crippen molar-refractivity contribution in [2.75, 3.05) is 0 Å². The van der Waals surface area contributed by atoms with E-state index in [4.69, 9.17) is 5.73 Å². The van der Waals surface area contributed by atoms with Gasteiger partial charge in [-0.25, -0.2) is 0 Å². The Balaban J connectivity index is 2.08. The molecule has 0 aromatic heterocycles. The topological polar surface area (TPSA) is 55.1 Å². The number of hydrogen-bond donors (Lipinski definition) is 2. The van der Waals surface area contributed by atoms with Crippen LogP contribution in [-0.2, 0) is 4.79 Å². The van der Waals surface area contributed by atoms with Crippen LogP contribution in [-0.4, -0.2) is 18.0 Å². The highest BCUT2D eigenvalue weighted by molar-refractivity contribution is 5.76. The van der Waals surface area contributed by atoms with E-state index in [1.807, 2.05) is 0 Å². The minimum atomic E-state index is 0.206.